The highest BCUT2D eigenvalue weighted by molar-refractivity contribution is 7.07. The summed E-state index contributed by atoms with van der Waals surface area (Å²) in [6, 6.07) is 6.36. The number of hydrogen-bond acceptors (Lipinski definition) is 7. The average molecular weight is 554 g/mol. The number of nitrogens with zero attached hydrogens (tertiary/aromatic N) is 2. The van der Waals surface area contributed by atoms with E-state index >= 15 is 0 Å². The van der Waals surface area contributed by atoms with Crippen molar-refractivity contribution in [2.45, 2.75) is 71.0 Å². The topological polar surface area (TPSA) is 156 Å². The maximum absolute atomic E-state index is 13.9. The first-order valence-corrected chi connectivity index (χ1v) is 14.0. The number of para-hydroxylation sites is 1. The molecule has 4 rings (SSSR count). The molecule has 2 aliphatic heterocycles. The fourth-order valence-electron chi connectivity index (χ4n) is 5.20. The first kappa shape index (κ1) is 28.4. The van der Waals surface area contributed by atoms with Crippen LogP contribution in [0.5, 0.6) is 0 Å². The maximum atomic E-state index is 13.9. The Balaban J connectivity index is 1.62. The van der Waals surface area contributed by atoms with E-state index in [1.54, 1.807) is 24.0 Å². The van der Waals surface area contributed by atoms with Gasteiger partial charge in [0.15, 0.2) is 0 Å². The molecule has 11 heteroatoms. The lowest BCUT2D eigenvalue weighted by Crippen LogP contribution is -2.54. The number of amides is 5. The lowest BCUT2D eigenvalue weighted by atomic mass is 9.80. The third-order valence-electron chi connectivity index (χ3n) is 7.54. The first-order chi connectivity index (χ1) is 18.4. The van der Waals surface area contributed by atoms with E-state index < -0.39 is 17.5 Å². The summed E-state index contributed by atoms with van der Waals surface area (Å²) in [7, 11) is 0. The molecule has 1 aromatic carbocycles. The normalized spacial score (nSPS) is 19.7. The molecule has 3 atom stereocenters. The summed E-state index contributed by atoms with van der Waals surface area (Å²) in [4.78, 5) is 66.7. The smallest absolute Gasteiger partial charge is 0.250 e. The van der Waals surface area contributed by atoms with Crippen molar-refractivity contribution in [3.8, 4) is 0 Å². The number of thiophene rings is 1. The average Bonchev–Trinajstić information content (AvgIpc) is 3.49. The number of fused-ring (bicyclic) bond motifs is 1. The first-order valence-electron chi connectivity index (χ1n) is 13.1. The minimum atomic E-state index is -1.26. The van der Waals surface area contributed by atoms with Gasteiger partial charge in [-0.25, -0.2) is 4.90 Å². The maximum Gasteiger partial charge on any atom is 0.250 e. The molecule has 0 aliphatic carbocycles. The zero-order valence-electron chi connectivity index (χ0n) is 22.4. The summed E-state index contributed by atoms with van der Waals surface area (Å²) in [6.07, 6.45) is 0.797. The lowest BCUT2D eigenvalue weighted by molar-refractivity contribution is -0.129. The zero-order chi connectivity index (χ0) is 28.5. The number of carbonyl (C=O) groups is 5. The molecule has 208 valence electrons. The number of carbonyl (C=O) groups excluding carboxylic acids is 5. The van der Waals surface area contributed by atoms with Gasteiger partial charge in [-0.1, -0.05) is 26.0 Å². The van der Waals surface area contributed by atoms with Crippen LogP contribution in [0.2, 0.25) is 0 Å². The van der Waals surface area contributed by atoms with Crippen LogP contribution in [0.3, 0.4) is 0 Å². The van der Waals surface area contributed by atoms with Crippen LogP contribution < -0.4 is 26.6 Å². The molecule has 3 unspecified atom stereocenters. The van der Waals surface area contributed by atoms with Crippen molar-refractivity contribution in [3.63, 3.8) is 0 Å². The van der Waals surface area contributed by atoms with Crippen LogP contribution in [0.15, 0.2) is 35.0 Å². The summed E-state index contributed by atoms with van der Waals surface area (Å²) in [5, 5.41) is 6.73. The van der Waals surface area contributed by atoms with Crippen LogP contribution in [0.25, 0.3) is 0 Å². The molecule has 2 aliphatic rings. The van der Waals surface area contributed by atoms with Gasteiger partial charge in [-0.15, -0.1) is 0 Å². The van der Waals surface area contributed by atoms with Gasteiger partial charge in [-0.2, -0.15) is 11.3 Å². The number of anilines is 2. The Morgan fingerprint density at radius 3 is 2.44 bits per heavy atom. The molecular weight excluding hydrogens is 518 g/mol. The summed E-state index contributed by atoms with van der Waals surface area (Å²) in [5.41, 5.74) is 12.8. The van der Waals surface area contributed by atoms with E-state index in [4.69, 9.17) is 11.5 Å². The Morgan fingerprint density at radius 2 is 1.85 bits per heavy atom. The van der Waals surface area contributed by atoms with E-state index in [-0.39, 0.29) is 74.1 Å². The van der Waals surface area contributed by atoms with Gasteiger partial charge in [0.1, 0.15) is 6.04 Å². The van der Waals surface area contributed by atoms with E-state index in [9.17, 15) is 24.0 Å². The van der Waals surface area contributed by atoms with Gasteiger partial charge in [0.25, 0.3) is 0 Å². The van der Waals surface area contributed by atoms with E-state index in [1.165, 1.54) is 16.2 Å². The van der Waals surface area contributed by atoms with Crippen LogP contribution in [-0.2, 0) is 36.9 Å². The largest absolute Gasteiger partial charge is 0.368 e. The third kappa shape index (κ3) is 6.04. The summed E-state index contributed by atoms with van der Waals surface area (Å²) >= 11 is 1.50. The summed E-state index contributed by atoms with van der Waals surface area (Å²) < 4.78 is 0. The fraction of sp³-hybridized carbons (Fsp3) is 0.464. The number of benzene rings is 1. The summed E-state index contributed by atoms with van der Waals surface area (Å²) in [5.74, 6) is -2.05. The van der Waals surface area contributed by atoms with Crippen molar-refractivity contribution in [2.75, 3.05) is 9.80 Å². The molecular formula is C28H35N5O5S. The zero-order valence-corrected chi connectivity index (χ0v) is 23.3. The highest BCUT2D eigenvalue weighted by Crippen LogP contribution is 2.40. The number of nitrogens with two attached hydrogens (primary N) is 2. The quantitative estimate of drug-likeness (QED) is 0.383. The van der Waals surface area contributed by atoms with Gasteiger partial charge in [-0.05, 0) is 59.2 Å². The van der Waals surface area contributed by atoms with Crippen molar-refractivity contribution in [1.29, 1.82) is 0 Å². The van der Waals surface area contributed by atoms with Crippen LogP contribution in [0.4, 0.5) is 11.4 Å². The van der Waals surface area contributed by atoms with Crippen molar-refractivity contribution in [1.82, 2.24) is 5.32 Å². The van der Waals surface area contributed by atoms with Crippen molar-refractivity contribution in [2.24, 2.45) is 23.3 Å². The molecule has 0 radical (unpaired) electrons. The SMILES string of the molecule is CC(C)C(CC(=O)NC1Cc2cccc(N3C(=O)CCC3=O)c2N(Cc2ccsc2)C1=O)CC(C)(N)C(N)=O. The van der Waals surface area contributed by atoms with E-state index in [1.807, 2.05) is 36.7 Å². The molecule has 1 aromatic heterocycles. The van der Waals surface area contributed by atoms with Gasteiger partial charge < -0.3 is 21.7 Å². The van der Waals surface area contributed by atoms with Crippen LogP contribution in [0, 0.1) is 11.8 Å². The van der Waals surface area contributed by atoms with Gasteiger partial charge in [-0.3, -0.25) is 24.0 Å². The van der Waals surface area contributed by atoms with Crippen molar-refractivity contribution in [3.05, 3.63) is 46.2 Å². The van der Waals surface area contributed by atoms with Crippen molar-refractivity contribution >= 4 is 52.2 Å². The van der Waals surface area contributed by atoms with Crippen LogP contribution in [0.1, 0.15) is 57.6 Å². The standard InChI is InChI=1S/C28H35N5O5S/c1-16(2)19(13-28(3,30)27(29)38)12-22(34)31-20-11-18-5-4-6-21(33-23(35)7-8-24(33)36)25(18)32(26(20)37)14-17-9-10-39-15-17/h4-6,9-10,15-16,19-20H,7-8,11-14,30H2,1-3H3,(H2,29,38)(H,31,34). The monoisotopic (exact) mass is 553 g/mol. The molecule has 10 nitrogen and oxygen atoms in total. The third-order valence-corrected chi connectivity index (χ3v) is 8.28. The van der Waals surface area contributed by atoms with Crippen LogP contribution in [-0.4, -0.2) is 41.1 Å². The number of nitrogens with one attached hydrogen (secondary N) is 1. The Kier molecular flexibility index (Phi) is 8.22. The van der Waals surface area contributed by atoms with E-state index in [0.29, 0.717) is 11.4 Å². The number of hydrogen-bond donors (Lipinski definition) is 3. The highest BCUT2D eigenvalue weighted by Gasteiger charge is 2.40. The molecule has 5 N–H and O–H groups in total. The molecule has 2 aromatic rings. The number of imide groups is 1. The molecule has 1 saturated heterocycles. The van der Waals surface area contributed by atoms with E-state index in [2.05, 4.69) is 5.32 Å². The minimum Gasteiger partial charge on any atom is -0.368 e. The number of rotatable bonds is 10. The predicted octanol–water partition coefficient (Wildman–Crippen LogP) is 2.23. The minimum absolute atomic E-state index is 0.0499. The number of primary amides is 1. The molecule has 0 spiro atoms. The van der Waals surface area contributed by atoms with Crippen molar-refractivity contribution < 1.29 is 24.0 Å². The molecule has 0 bridgehead atoms. The van der Waals surface area contributed by atoms with Gasteiger partial charge in [0.05, 0.1) is 23.5 Å². The Labute approximate surface area is 231 Å². The highest BCUT2D eigenvalue weighted by atomic mass is 32.1. The van der Waals surface area contributed by atoms with Crippen LogP contribution >= 0.6 is 11.3 Å². The lowest BCUT2D eigenvalue weighted by Gasteiger charge is -2.37. The Bertz CT molecular complexity index is 1270. The summed E-state index contributed by atoms with van der Waals surface area (Å²) in [6.45, 7) is 5.68. The van der Waals surface area contributed by atoms with Gasteiger partial charge >= 0.3 is 0 Å². The second kappa shape index (κ2) is 11.3. The second-order valence-electron chi connectivity index (χ2n) is 11.0. The fourth-order valence-corrected chi connectivity index (χ4v) is 5.86. The van der Waals surface area contributed by atoms with Gasteiger partial charge in [0.2, 0.25) is 29.5 Å². The predicted molar refractivity (Wildman–Crippen MR) is 149 cm³/mol. The Hall–Kier alpha value is -3.57. The second-order valence-corrected chi connectivity index (χ2v) is 11.8. The Morgan fingerprint density at radius 1 is 1.15 bits per heavy atom. The van der Waals surface area contributed by atoms with E-state index in [0.717, 1.165) is 11.1 Å². The van der Waals surface area contributed by atoms with Gasteiger partial charge in [0, 0.05) is 25.7 Å². The molecule has 3 heterocycles. The molecule has 39 heavy (non-hydrogen) atoms. The molecule has 1 fully saturated rings. The molecule has 0 saturated carbocycles. The molecule has 5 amide bonds.